The van der Waals surface area contributed by atoms with Gasteiger partial charge in [0.1, 0.15) is 10.6 Å². The lowest BCUT2D eigenvalue weighted by molar-refractivity contribution is -0.385. The molecule has 0 unspecified atom stereocenters. The van der Waals surface area contributed by atoms with E-state index in [0.29, 0.717) is 11.6 Å². The van der Waals surface area contributed by atoms with Gasteiger partial charge >= 0.3 is 0 Å². The Hall–Kier alpha value is -2.61. The van der Waals surface area contributed by atoms with Crippen molar-refractivity contribution in [3.8, 4) is 5.75 Å². The van der Waals surface area contributed by atoms with Gasteiger partial charge in [0.05, 0.1) is 17.6 Å². The Morgan fingerprint density at radius 1 is 1.24 bits per heavy atom. The van der Waals surface area contributed by atoms with Crippen molar-refractivity contribution >= 4 is 21.4 Å². The van der Waals surface area contributed by atoms with E-state index in [-0.39, 0.29) is 22.9 Å². The van der Waals surface area contributed by atoms with E-state index in [1.54, 1.807) is 13.0 Å². The van der Waals surface area contributed by atoms with Gasteiger partial charge in [-0.05, 0) is 49.4 Å². The molecule has 132 valence electrons. The van der Waals surface area contributed by atoms with Crippen molar-refractivity contribution in [2.24, 2.45) is 0 Å². The van der Waals surface area contributed by atoms with E-state index in [2.05, 4.69) is 4.72 Å². The third kappa shape index (κ3) is 3.90. The van der Waals surface area contributed by atoms with Gasteiger partial charge in [0.15, 0.2) is 0 Å². The topological polar surface area (TPSA) is 98.5 Å². The summed E-state index contributed by atoms with van der Waals surface area (Å²) >= 11 is 0. The van der Waals surface area contributed by atoms with Gasteiger partial charge in [0.2, 0.25) is 0 Å². The number of nitro benzene ring substituents is 1. The maximum atomic E-state index is 12.7. The van der Waals surface area contributed by atoms with Crippen LogP contribution in [0.3, 0.4) is 0 Å². The summed E-state index contributed by atoms with van der Waals surface area (Å²) in [4.78, 5) is 10.2. The largest absolute Gasteiger partial charge is 0.492 e. The van der Waals surface area contributed by atoms with Crippen LogP contribution in [-0.4, -0.2) is 19.9 Å². The molecule has 0 aliphatic heterocycles. The molecule has 0 heterocycles. The normalized spacial score (nSPS) is 14.1. The third-order valence-electron chi connectivity index (χ3n) is 3.92. The van der Waals surface area contributed by atoms with Crippen molar-refractivity contribution in [3.05, 3.63) is 58.1 Å². The van der Waals surface area contributed by atoms with Gasteiger partial charge in [0.25, 0.3) is 15.7 Å². The number of non-ortho nitro benzene ring substituents is 1. The van der Waals surface area contributed by atoms with Gasteiger partial charge in [-0.3, -0.25) is 14.8 Å². The van der Waals surface area contributed by atoms with E-state index in [0.717, 1.165) is 30.5 Å². The molecule has 0 spiro atoms. The van der Waals surface area contributed by atoms with Gasteiger partial charge in [-0.15, -0.1) is 0 Å². The number of sulfonamides is 1. The lowest BCUT2D eigenvalue weighted by Crippen LogP contribution is -2.15. The molecule has 0 atom stereocenters. The molecule has 0 radical (unpaired) electrons. The van der Waals surface area contributed by atoms with E-state index in [1.165, 1.54) is 6.07 Å². The van der Waals surface area contributed by atoms with Crippen LogP contribution < -0.4 is 9.46 Å². The number of nitrogens with one attached hydrogen (secondary N) is 1. The lowest BCUT2D eigenvalue weighted by atomic mass is 10.1. The van der Waals surface area contributed by atoms with Gasteiger partial charge in [0, 0.05) is 11.8 Å². The van der Waals surface area contributed by atoms with Crippen molar-refractivity contribution in [3.63, 3.8) is 0 Å². The molecule has 3 rings (SSSR count). The number of nitro groups is 1. The number of benzene rings is 2. The number of ether oxygens (including phenoxy) is 1. The second-order valence-electron chi connectivity index (χ2n) is 5.83. The molecule has 1 aliphatic carbocycles. The van der Waals surface area contributed by atoms with Crippen LogP contribution in [0.1, 0.15) is 31.2 Å². The highest BCUT2D eigenvalue weighted by Gasteiger charge is 2.25. The Balaban J connectivity index is 1.93. The van der Waals surface area contributed by atoms with Crippen LogP contribution in [0.25, 0.3) is 0 Å². The molecule has 0 amide bonds. The molecule has 1 saturated carbocycles. The van der Waals surface area contributed by atoms with Crippen molar-refractivity contribution < 1.29 is 18.1 Å². The predicted octanol–water partition coefficient (Wildman–Crippen LogP) is 3.67. The Morgan fingerprint density at radius 2 is 2.00 bits per heavy atom. The molecule has 25 heavy (non-hydrogen) atoms. The molecular formula is C17H18N2O5S. The zero-order valence-corrected chi connectivity index (χ0v) is 14.5. The average Bonchev–Trinajstić information content (AvgIpc) is 3.39. The van der Waals surface area contributed by atoms with E-state index >= 15 is 0 Å². The molecule has 2 aromatic carbocycles. The van der Waals surface area contributed by atoms with Crippen LogP contribution in [0.4, 0.5) is 11.4 Å². The van der Waals surface area contributed by atoms with E-state index in [1.807, 2.05) is 18.2 Å². The molecule has 2 aromatic rings. The first-order chi connectivity index (χ1) is 11.9. The summed E-state index contributed by atoms with van der Waals surface area (Å²) in [6.07, 6.45) is 2.24. The van der Waals surface area contributed by atoms with Crippen molar-refractivity contribution in [2.45, 2.75) is 30.6 Å². The summed E-state index contributed by atoms with van der Waals surface area (Å²) in [5, 5.41) is 10.9. The quantitative estimate of drug-likeness (QED) is 0.598. The minimum atomic E-state index is -3.93. The standard InChI is InChI=1S/C17H18N2O5S/c1-2-24-16-11-15(19(20)21)8-9-17(16)25(22,23)18-14-5-3-4-13(10-14)12-6-7-12/h3-5,8-12,18H,2,6-7H2,1H3. The highest BCUT2D eigenvalue weighted by molar-refractivity contribution is 7.92. The molecular weight excluding hydrogens is 344 g/mol. The SMILES string of the molecule is CCOc1cc([N+](=O)[O-])ccc1S(=O)(=O)Nc1cccc(C2CC2)c1. The monoisotopic (exact) mass is 362 g/mol. The molecule has 8 heteroatoms. The Bertz CT molecular complexity index is 907. The molecule has 0 saturated heterocycles. The summed E-state index contributed by atoms with van der Waals surface area (Å²) in [7, 11) is -3.93. The number of nitrogens with zero attached hydrogens (tertiary/aromatic N) is 1. The molecule has 7 nitrogen and oxygen atoms in total. The van der Waals surface area contributed by atoms with E-state index in [4.69, 9.17) is 4.74 Å². The van der Waals surface area contributed by atoms with Crippen LogP contribution in [-0.2, 0) is 10.0 Å². The highest BCUT2D eigenvalue weighted by Crippen LogP contribution is 2.41. The number of hydrogen-bond acceptors (Lipinski definition) is 5. The van der Waals surface area contributed by atoms with Crippen LogP contribution in [0, 0.1) is 10.1 Å². The van der Waals surface area contributed by atoms with Crippen LogP contribution in [0.15, 0.2) is 47.4 Å². The van der Waals surface area contributed by atoms with Crippen molar-refractivity contribution in [1.29, 1.82) is 0 Å². The van der Waals surface area contributed by atoms with Gasteiger partial charge in [-0.1, -0.05) is 12.1 Å². The van der Waals surface area contributed by atoms with Gasteiger partial charge in [-0.2, -0.15) is 0 Å². The number of anilines is 1. The summed E-state index contributed by atoms with van der Waals surface area (Å²) in [5.74, 6) is 0.463. The number of rotatable bonds is 7. The highest BCUT2D eigenvalue weighted by atomic mass is 32.2. The molecule has 1 aliphatic rings. The van der Waals surface area contributed by atoms with Gasteiger partial charge in [-0.25, -0.2) is 8.42 Å². The summed E-state index contributed by atoms with van der Waals surface area (Å²) in [5.41, 5.74) is 1.34. The minimum absolute atomic E-state index is 0.0393. The van der Waals surface area contributed by atoms with E-state index in [9.17, 15) is 18.5 Å². The van der Waals surface area contributed by atoms with Crippen LogP contribution in [0.2, 0.25) is 0 Å². The zero-order chi connectivity index (χ0) is 18.0. The molecule has 1 N–H and O–H groups in total. The zero-order valence-electron chi connectivity index (χ0n) is 13.6. The fourth-order valence-corrected chi connectivity index (χ4v) is 3.76. The van der Waals surface area contributed by atoms with E-state index < -0.39 is 14.9 Å². The Morgan fingerprint density at radius 3 is 2.64 bits per heavy atom. The maximum absolute atomic E-state index is 12.7. The minimum Gasteiger partial charge on any atom is -0.492 e. The Labute approximate surface area is 145 Å². The molecule has 1 fully saturated rings. The number of hydrogen-bond donors (Lipinski definition) is 1. The lowest BCUT2D eigenvalue weighted by Gasteiger charge is -2.13. The smallest absolute Gasteiger partial charge is 0.273 e. The third-order valence-corrected chi connectivity index (χ3v) is 5.34. The Kier molecular flexibility index (Phi) is 4.63. The second kappa shape index (κ2) is 6.72. The molecule has 0 aromatic heterocycles. The fourth-order valence-electron chi connectivity index (χ4n) is 2.58. The van der Waals surface area contributed by atoms with Crippen LogP contribution in [0.5, 0.6) is 5.75 Å². The van der Waals surface area contributed by atoms with Crippen molar-refractivity contribution in [1.82, 2.24) is 0 Å². The predicted molar refractivity (Wildman–Crippen MR) is 93.5 cm³/mol. The summed E-state index contributed by atoms with van der Waals surface area (Å²) in [6.45, 7) is 1.88. The average molecular weight is 362 g/mol. The summed E-state index contributed by atoms with van der Waals surface area (Å²) in [6, 6.07) is 10.8. The van der Waals surface area contributed by atoms with Gasteiger partial charge < -0.3 is 4.74 Å². The summed E-state index contributed by atoms with van der Waals surface area (Å²) < 4.78 is 33.3. The first-order valence-electron chi connectivity index (χ1n) is 7.94. The second-order valence-corrected chi connectivity index (χ2v) is 7.48. The maximum Gasteiger partial charge on any atom is 0.273 e. The first kappa shape index (κ1) is 17.2. The fraction of sp³-hybridized carbons (Fsp3) is 0.294. The molecule has 0 bridgehead atoms. The first-order valence-corrected chi connectivity index (χ1v) is 9.43. The van der Waals surface area contributed by atoms with Crippen LogP contribution >= 0.6 is 0 Å². The van der Waals surface area contributed by atoms with Crippen molar-refractivity contribution in [2.75, 3.05) is 11.3 Å².